The van der Waals surface area contributed by atoms with Gasteiger partial charge in [0, 0.05) is 6.54 Å². The summed E-state index contributed by atoms with van der Waals surface area (Å²) in [5.41, 5.74) is 1.61. The van der Waals surface area contributed by atoms with E-state index >= 15 is 0 Å². The standard InChI is InChI=1S/C17H21NO4S/c1-13-12-15(21-2)8-9-17(13)23(19,20)18-11-10-14-6-4-5-7-16(14)22-3/h4-9,12,18H,10-11H2,1-3H3. The van der Waals surface area contributed by atoms with Crippen LogP contribution in [0, 0.1) is 6.92 Å². The van der Waals surface area contributed by atoms with E-state index in [0.717, 1.165) is 11.3 Å². The molecule has 0 heterocycles. The summed E-state index contributed by atoms with van der Waals surface area (Å²) in [5, 5.41) is 0. The van der Waals surface area contributed by atoms with Crippen LogP contribution < -0.4 is 14.2 Å². The Morgan fingerprint density at radius 1 is 1.04 bits per heavy atom. The van der Waals surface area contributed by atoms with E-state index in [0.29, 0.717) is 24.3 Å². The fourth-order valence-corrected chi connectivity index (χ4v) is 3.61. The molecule has 0 unspecified atom stereocenters. The van der Waals surface area contributed by atoms with Gasteiger partial charge in [0.15, 0.2) is 0 Å². The van der Waals surface area contributed by atoms with Crippen LogP contribution >= 0.6 is 0 Å². The second-order valence-electron chi connectivity index (χ2n) is 5.09. The van der Waals surface area contributed by atoms with Gasteiger partial charge in [0.1, 0.15) is 11.5 Å². The highest BCUT2D eigenvalue weighted by Gasteiger charge is 2.17. The topological polar surface area (TPSA) is 64.6 Å². The zero-order chi connectivity index (χ0) is 16.9. The molecule has 0 aromatic heterocycles. The van der Waals surface area contributed by atoms with Gasteiger partial charge in [-0.3, -0.25) is 0 Å². The molecule has 0 atom stereocenters. The number of nitrogens with one attached hydrogen (secondary N) is 1. The first-order chi connectivity index (χ1) is 11.0. The Balaban J connectivity index is 2.07. The monoisotopic (exact) mass is 335 g/mol. The minimum Gasteiger partial charge on any atom is -0.497 e. The largest absolute Gasteiger partial charge is 0.497 e. The maximum atomic E-state index is 12.4. The van der Waals surface area contributed by atoms with Crippen LogP contribution in [0.5, 0.6) is 11.5 Å². The van der Waals surface area contributed by atoms with Gasteiger partial charge in [-0.15, -0.1) is 0 Å². The van der Waals surface area contributed by atoms with Gasteiger partial charge >= 0.3 is 0 Å². The van der Waals surface area contributed by atoms with Crippen LogP contribution in [0.4, 0.5) is 0 Å². The quantitative estimate of drug-likeness (QED) is 0.844. The van der Waals surface area contributed by atoms with E-state index in [2.05, 4.69) is 4.72 Å². The summed E-state index contributed by atoms with van der Waals surface area (Å²) in [7, 11) is -0.401. The molecule has 0 radical (unpaired) electrons. The van der Waals surface area contributed by atoms with E-state index in [4.69, 9.17) is 9.47 Å². The Morgan fingerprint density at radius 3 is 2.43 bits per heavy atom. The Labute approximate surface area is 137 Å². The summed E-state index contributed by atoms with van der Waals surface area (Å²) in [6.07, 6.45) is 0.554. The van der Waals surface area contributed by atoms with Crippen LogP contribution in [-0.2, 0) is 16.4 Å². The van der Waals surface area contributed by atoms with Gasteiger partial charge in [0.05, 0.1) is 19.1 Å². The van der Waals surface area contributed by atoms with E-state index in [1.54, 1.807) is 39.3 Å². The summed E-state index contributed by atoms with van der Waals surface area (Å²) < 4.78 is 37.8. The fraction of sp³-hybridized carbons (Fsp3) is 0.294. The highest BCUT2D eigenvalue weighted by atomic mass is 32.2. The smallest absolute Gasteiger partial charge is 0.240 e. The minimum atomic E-state index is -3.55. The SMILES string of the molecule is COc1ccc(S(=O)(=O)NCCc2ccccc2OC)c(C)c1. The van der Waals surface area contributed by atoms with Gasteiger partial charge in [-0.05, 0) is 48.7 Å². The lowest BCUT2D eigenvalue weighted by atomic mass is 10.1. The van der Waals surface area contributed by atoms with E-state index < -0.39 is 10.0 Å². The Kier molecular flexibility index (Phi) is 5.63. The normalized spacial score (nSPS) is 11.3. The predicted molar refractivity (Wildman–Crippen MR) is 89.6 cm³/mol. The lowest BCUT2D eigenvalue weighted by Crippen LogP contribution is -2.26. The van der Waals surface area contributed by atoms with Crippen LogP contribution in [0.1, 0.15) is 11.1 Å². The highest BCUT2D eigenvalue weighted by Crippen LogP contribution is 2.21. The van der Waals surface area contributed by atoms with E-state index in [1.165, 1.54) is 0 Å². The molecule has 6 heteroatoms. The van der Waals surface area contributed by atoms with Gasteiger partial charge in [0.25, 0.3) is 0 Å². The maximum Gasteiger partial charge on any atom is 0.240 e. The van der Waals surface area contributed by atoms with Crippen molar-refractivity contribution >= 4 is 10.0 Å². The molecule has 0 saturated heterocycles. The van der Waals surface area contributed by atoms with E-state index in [1.807, 2.05) is 24.3 Å². The predicted octanol–water partition coefficient (Wildman–Crippen LogP) is 2.53. The highest BCUT2D eigenvalue weighted by molar-refractivity contribution is 7.89. The van der Waals surface area contributed by atoms with Crippen LogP contribution in [0.15, 0.2) is 47.4 Å². The molecule has 124 valence electrons. The average Bonchev–Trinajstić information content (AvgIpc) is 2.54. The number of sulfonamides is 1. The summed E-state index contributed by atoms with van der Waals surface area (Å²) in [4.78, 5) is 0.262. The summed E-state index contributed by atoms with van der Waals surface area (Å²) in [6.45, 7) is 2.05. The molecule has 2 aromatic carbocycles. The Morgan fingerprint density at radius 2 is 1.78 bits per heavy atom. The van der Waals surface area contributed by atoms with Crippen molar-refractivity contribution in [2.45, 2.75) is 18.2 Å². The molecule has 0 aliphatic rings. The third kappa shape index (κ3) is 4.24. The Bertz CT molecular complexity index is 772. The molecule has 0 spiro atoms. The minimum absolute atomic E-state index is 0.262. The van der Waals surface area contributed by atoms with Crippen LogP contribution in [0.2, 0.25) is 0 Å². The van der Waals surface area contributed by atoms with Crippen molar-refractivity contribution < 1.29 is 17.9 Å². The molecular weight excluding hydrogens is 314 g/mol. The zero-order valence-corrected chi connectivity index (χ0v) is 14.3. The van der Waals surface area contributed by atoms with Gasteiger partial charge in [-0.1, -0.05) is 18.2 Å². The van der Waals surface area contributed by atoms with Crippen molar-refractivity contribution in [3.05, 3.63) is 53.6 Å². The molecule has 0 saturated carbocycles. The van der Waals surface area contributed by atoms with Crippen molar-refractivity contribution in [3.63, 3.8) is 0 Å². The summed E-state index contributed by atoms with van der Waals surface area (Å²) in [6, 6.07) is 12.5. The zero-order valence-electron chi connectivity index (χ0n) is 13.5. The fourth-order valence-electron chi connectivity index (χ4n) is 2.36. The number of hydrogen-bond donors (Lipinski definition) is 1. The molecule has 0 bridgehead atoms. The second-order valence-corrected chi connectivity index (χ2v) is 6.83. The molecule has 0 amide bonds. The van der Waals surface area contributed by atoms with Crippen molar-refractivity contribution in [2.24, 2.45) is 0 Å². The first kappa shape index (κ1) is 17.3. The van der Waals surface area contributed by atoms with Gasteiger partial charge in [0.2, 0.25) is 10.0 Å². The van der Waals surface area contributed by atoms with Crippen LogP contribution in [0.3, 0.4) is 0 Å². The second kappa shape index (κ2) is 7.48. The number of rotatable bonds is 7. The van der Waals surface area contributed by atoms with E-state index in [9.17, 15) is 8.42 Å². The van der Waals surface area contributed by atoms with Crippen molar-refractivity contribution in [2.75, 3.05) is 20.8 Å². The first-order valence-electron chi connectivity index (χ1n) is 7.24. The number of ether oxygens (including phenoxy) is 2. The number of methoxy groups -OCH3 is 2. The molecule has 2 aromatic rings. The van der Waals surface area contributed by atoms with Crippen LogP contribution in [-0.4, -0.2) is 29.2 Å². The molecule has 0 aliphatic heterocycles. The van der Waals surface area contributed by atoms with Gasteiger partial charge in [-0.2, -0.15) is 0 Å². The molecular formula is C17H21NO4S. The third-order valence-corrected chi connectivity index (χ3v) is 5.17. The number of para-hydroxylation sites is 1. The van der Waals surface area contributed by atoms with Crippen molar-refractivity contribution in [1.82, 2.24) is 4.72 Å². The number of aryl methyl sites for hydroxylation is 1. The molecule has 23 heavy (non-hydrogen) atoms. The first-order valence-corrected chi connectivity index (χ1v) is 8.72. The van der Waals surface area contributed by atoms with Crippen LogP contribution in [0.25, 0.3) is 0 Å². The third-order valence-electron chi connectivity index (χ3n) is 3.55. The van der Waals surface area contributed by atoms with Gasteiger partial charge < -0.3 is 9.47 Å². The van der Waals surface area contributed by atoms with Crippen molar-refractivity contribution in [3.8, 4) is 11.5 Å². The molecule has 0 fully saturated rings. The lowest BCUT2D eigenvalue weighted by molar-refractivity contribution is 0.409. The average molecular weight is 335 g/mol. The number of hydrogen-bond acceptors (Lipinski definition) is 4. The lowest BCUT2D eigenvalue weighted by Gasteiger charge is -2.12. The summed E-state index contributed by atoms with van der Waals surface area (Å²) >= 11 is 0. The molecule has 1 N–H and O–H groups in total. The summed E-state index contributed by atoms with van der Waals surface area (Å²) in [5.74, 6) is 1.39. The van der Waals surface area contributed by atoms with Gasteiger partial charge in [-0.25, -0.2) is 13.1 Å². The Hall–Kier alpha value is -2.05. The maximum absolute atomic E-state index is 12.4. The molecule has 5 nitrogen and oxygen atoms in total. The van der Waals surface area contributed by atoms with E-state index in [-0.39, 0.29) is 4.90 Å². The molecule has 2 rings (SSSR count). The molecule has 0 aliphatic carbocycles. The van der Waals surface area contributed by atoms with Crippen molar-refractivity contribution in [1.29, 1.82) is 0 Å². The number of benzene rings is 2.